The van der Waals surface area contributed by atoms with Crippen molar-refractivity contribution >= 4 is 29.3 Å². The predicted octanol–water partition coefficient (Wildman–Crippen LogP) is 4.54. The first kappa shape index (κ1) is 21.6. The average molecular weight is 433 g/mol. The molecular formula is C24H28N6O2. The zero-order valence-electron chi connectivity index (χ0n) is 18.6. The van der Waals surface area contributed by atoms with Crippen LogP contribution < -0.4 is 20.3 Å². The molecule has 32 heavy (non-hydrogen) atoms. The van der Waals surface area contributed by atoms with E-state index in [2.05, 4.69) is 44.6 Å². The monoisotopic (exact) mass is 432 g/mol. The molecule has 4 rings (SSSR count). The van der Waals surface area contributed by atoms with Crippen LogP contribution in [0.3, 0.4) is 0 Å². The van der Waals surface area contributed by atoms with E-state index in [0.717, 1.165) is 24.3 Å². The Morgan fingerprint density at radius 2 is 1.81 bits per heavy atom. The highest BCUT2D eigenvalue weighted by atomic mass is 16.5. The molecule has 1 aliphatic heterocycles. The normalized spacial score (nSPS) is 13.9. The summed E-state index contributed by atoms with van der Waals surface area (Å²) in [4.78, 5) is 16.1. The molecule has 0 aliphatic carbocycles. The van der Waals surface area contributed by atoms with Gasteiger partial charge in [-0.1, -0.05) is 29.8 Å². The van der Waals surface area contributed by atoms with Gasteiger partial charge in [-0.3, -0.25) is 0 Å². The Hall–Kier alpha value is -3.65. The zero-order chi connectivity index (χ0) is 22.3. The first-order valence-corrected chi connectivity index (χ1v) is 10.6. The van der Waals surface area contributed by atoms with Gasteiger partial charge in [0.15, 0.2) is 11.6 Å². The smallest absolute Gasteiger partial charge is 0.326 e. The minimum Gasteiger partial charge on any atom is -0.424 e. The summed E-state index contributed by atoms with van der Waals surface area (Å²) in [5.41, 5.74) is 3.95. The van der Waals surface area contributed by atoms with Crippen LogP contribution in [0.5, 0.6) is 11.8 Å². The maximum absolute atomic E-state index is 5.96. The van der Waals surface area contributed by atoms with Crippen molar-refractivity contribution in [1.29, 1.82) is 0 Å². The van der Waals surface area contributed by atoms with Gasteiger partial charge in [0, 0.05) is 25.8 Å². The maximum Gasteiger partial charge on any atom is 0.326 e. The molecule has 166 valence electrons. The van der Waals surface area contributed by atoms with E-state index in [0.29, 0.717) is 36.3 Å². The number of aryl methyl sites for hydroxylation is 2. The molecule has 0 spiro atoms. The molecule has 1 aromatic heterocycles. The molecule has 3 aromatic rings. The minimum absolute atomic E-state index is 0.269. The van der Waals surface area contributed by atoms with Crippen molar-refractivity contribution in [3.8, 4) is 11.8 Å². The summed E-state index contributed by atoms with van der Waals surface area (Å²) in [6, 6.07) is 16.2. The standard InChI is InChI=1S/C24H28N6O2/c1-17-7-9-20(10-8-17)32-24-28-22(25-3)21(23(29-24)30-11-13-31-14-12-30)27-16-26-19-6-4-5-18(2)15-19/h4-10,15-16H,11-14H2,1-3H3,(H,26,27)(H,25,28,29). The average Bonchev–Trinajstić information content (AvgIpc) is 2.81. The summed E-state index contributed by atoms with van der Waals surface area (Å²) in [6.07, 6.45) is 1.67. The molecule has 0 unspecified atom stereocenters. The molecule has 2 heterocycles. The van der Waals surface area contributed by atoms with Crippen molar-refractivity contribution in [2.24, 2.45) is 4.99 Å². The van der Waals surface area contributed by atoms with Crippen LogP contribution in [0.2, 0.25) is 0 Å². The number of ether oxygens (including phenoxy) is 2. The van der Waals surface area contributed by atoms with Gasteiger partial charge in [-0.15, -0.1) is 0 Å². The Labute approximate surface area is 188 Å². The van der Waals surface area contributed by atoms with Crippen molar-refractivity contribution in [3.05, 3.63) is 59.7 Å². The number of aliphatic imine (C=N–C) groups is 1. The van der Waals surface area contributed by atoms with Crippen LogP contribution in [-0.4, -0.2) is 49.7 Å². The number of nitrogens with zero attached hydrogens (tertiary/aromatic N) is 4. The van der Waals surface area contributed by atoms with Crippen LogP contribution in [0.4, 0.5) is 23.0 Å². The van der Waals surface area contributed by atoms with E-state index in [1.54, 1.807) is 6.34 Å². The van der Waals surface area contributed by atoms with Crippen molar-refractivity contribution in [3.63, 3.8) is 0 Å². The topological polar surface area (TPSA) is 83.9 Å². The molecule has 0 bridgehead atoms. The number of benzene rings is 2. The minimum atomic E-state index is 0.269. The van der Waals surface area contributed by atoms with E-state index in [9.17, 15) is 0 Å². The lowest BCUT2D eigenvalue weighted by molar-refractivity contribution is 0.122. The number of morpholine rings is 1. The molecule has 0 radical (unpaired) electrons. The van der Waals surface area contributed by atoms with Crippen LogP contribution in [0.15, 0.2) is 53.5 Å². The third-order valence-electron chi connectivity index (χ3n) is 5.07. The molecule has 2 aromatic carbocycles. The number of anilines is 3. The second-order valence-corrected chi connectivity index (χ2v) is 7.56. The Kier molecular flexibility index (Phi) is 6.81. The highest BCUT2D eigenvalue weighted by Crippen LogP contribution is 2.36. The van der Waals surface area contributed by atoms with E-state index in [-0.39, 0.29) is 6.01 Å². The lowest BCUT2D eigenvalue weighted by Crippen LogP contribution is -2.37. The molecule has 1 saturated heterocycles. The molecule has 1 fully saturated rings. The Morgan fingerprint density at radius 1 is 1.03 bits per heavy atom. The third-order valence-corrected chi connectivity index (χ3v) is 5.07. The van der Waals surface area contributed by atoms with Gasteiger partial charge in [0.2, 0.25) is 0 Å². The lowest BCUT2D eigenvalue weighted by atomic mass is 10.2. The number of aromatic nitrogens is 2. The second-order valence-electron chi connectivity index (χ2n) is 7.56. The summed E-state index contributed by atoms with van der Waals surface area (Å²) in [7, 11) is 1.81. The molecule has 1 aliphatic rings. The van der Waals surface area contributed by atoms with E-state index in [4.69, 9.17) is 14.5 Å². The van der Waals surface area contributed by atoms with Crippen molar-refractivity contribution < 1.29 is 9.47 Å². The molecule has 0 saturated carbocycles. The molecule has 0 atom stereocenters. The highest BCUT2D eigenvalue weighted by molar-refractivity contribution is 5.84. The molecule has 8 heteroatoms. The summed E-state index contributed by atoms with van der Waals surface area (Å²) < 4.78 is 11.5. The summed E-state index contributed by atoms with van der Waals surface area (Å²) >= 11 is 0. The Morgan fingerprint density at radius 3 is 2.53 bits per heavy atom. The molecule has 8 nitrogen and oxygen atoms in total. The SMILES string of the molecule is CNc1nc(Oc2ccc(C)cc2)nc(N2CCOCC2)c1N=CNc1cccc(C)c1. The zero-order valence-corrected chi connectivity index (χ0v) is 18.6. The van der Waals surface area contributed by atoms with E-state index in [1.807, 2.05) is 50.4 Å². The summed E-state index contributed by atoms with van der Waals surface area (Å²) in [6.45, 7) is 6.80. The first-order valence-electron chi connectivity index (χ1n) is 10.6. The fraction of sp³-hybridized carbons (Fsp3) is 0.292. The van der Waals surface area contributed by atoms with Crippen molar-refractivity contribution in [2.45, 2.75) is 13.8 Å². The van der Waals surface area contributed by atoms with Crippen LogP contribution in [-0.2, 0) is 4.74 Å². The van der Waals surface area contributed by atoms with Crippen LogP contribution >= 0.6 is 0 Å². The second kappa shape index (κ2) is 10.1. The van der Waals surface area contributed by atoms with Gasteiger partial charge in [0.05, 0.1) is 19.6 Å². The van der Waals surface area contributed by atoms with Gasteiger partial charge < -0.3 is 25.0 Å². The lowest BCUT2D eigenvalue weighted by Gasteiger charge is -2.29. The van der Waals surface area contributed by atoms with Gasteiger partial charge in [-0.2, -0.15) is 9.97 Å². The molecule has 0 amide bonds. The number of hydrogen-bond donors (Lipinski definition) is 2. The predicted molar refractivity (Wildman–Crippen MR) is 129 cm³/mol. The van der Waals surface area contributed by atoms with Gasteiger partial charge in [0.1, 0.15) is 11.4 Å². The van der Waals surface area contributed by atoms with Gasteiger partial charge in [-0.05, 0) is 43.7 Å². The summed E-state index contributed by atoms with van der Waals surface area (Å²) in [5, 5.41) is 6.36. The number of hydrogen-bond acceptors (Lipinski definition) is 7. The van der Waals surface area contributed by atoms with Gasteiger partial charge >= 0.3 is 6.01 Å². The Bertz CT molecular complexity index is 1080. The largest absolute Gasteiger partial charge is 0.424 e. The third kappa shape index (κ3) is 5.33. The Balaban J connectivity index is 1.66. The number of rotatable bonds is 7. The van der Waals surface area contributed by atoms with Gasteiger partial charge in [0.25, 0.3) is 0 Å². The van der Waals surface area contributed by atoms with E-state index >= 15 is 0 Å². The highest BCUT2D eigenvalue weighted by Gasteiger charge is 2.22. The van der Waals surface area contributed by atoms with E-state index < -0.39 is 0 Å². The maximum atomic E-state index is 5.96. The number of nitrogens with one attached hydrogen (secondary N) is 2. The van der Waals surface area contributed by atoms with Crippen molar-refractivity contribution in [1.82, 2.24) is 9.97 Å². The van der Waals surface area contributed by atoms with Crippen molar-refractivity contribution in [2.75, 3.05) is 48.9 Å². The van der Waals surface area contributed by atoms with Gasteiger partial charge in [-0.25, -0.2) is 4.99 Å². The van der Waals surface area contributed by atoms with Crippen LogP contribution in [0, 0.1) is 13.8 Å². The molecule has 2 N–H and O–H groups in total. The molecular weight excluding hydrogens is 404 g/mol. The fourth-order valence-electron chi connectivity index (χ4n) is 3.38. The fourth-order valence-corrected chi connectivity index (χ4v) is 3.38. The summed E-state index contributed by atoms with van der Waals surface area (Å²) in [5.74, 6) is 1.98. The van der Waals surface area contributed by atoms with E-state index in [1.165, 1.54) is 5.56 Å². The first-order chi connectivity index (χ1) is 15.6. The quantitative estimate of drug-likeness (QED) is 0.419. The van der Waals surface area contributed by atoms with Crippen LogP contribution in [0.25, 0.3) is 0 Å². The van der Waals surface area contributed by atoms with Crippen LogP contribution in [0.1, 0.15) is 11.1 Å².